The van der Waals surface area contributed by atoms with Gasteiger partial charge in [0.05, 0.1) is 13.2 Å². The fourth-order valence-corrected chi connectivity index (χ4v) is 5.88. The molecule has 7 nitrogen and oxygen atoms in total. The number of nitrogens with one attached hydrogen (secondary N) is 2. The Kier molecular flexibility index (Phi) is 10.2. The molecule has 4 rings (SSSR count). The molecule has 8 heteroatoms. The van der Waals surface area contributed by atoms with Crippen molar-refractivity contribution in [1.82, 2.24) is 25.3 Å². The Morgan fingerprint density at radius 1 is 1.03 bits per heavy atom. The van der Waals surface area contributed by atoms with Crippen LogP contribution >= 0.6 is 0 Å². The average molecular weight is 490 g/mol. The summed E-state index contributed by atoms with van der Waals surface area (Å²) in [6.07, 6.45) is 4.57. The Morgan fingerprint density at radius 3 is 2.60 bits per heavy atom. The van der Waals surface area contributed by atoms with Crippen LogP contribution in [0.5, 0.6) is 0 Å². The molecule has 1 aromatic rings. The van der Waals surface area contributed by atoms with Gasteiger partial charge in [-0.05, 0) is 74.8 Å². The van der Waals surface area contributed by atoms with Gasteiger partial charge in [-0.1, -0.05) is 19.1 Å². The molecular formula is C27H44FN5O2. The zero-order valence-corrected chi connectivity index (χ0v) is 21.4. The summed E-state index contributed by atoms with van der Waals surface area (Å²) in [5.41, 5.74) is 1.22. The molecule has 2 amide bonds. The second-order valence-corrected chi connectivity index (χ2v) is 10.5. The molecule has 0 saturated carbocycles. The number of piperidine rings is 2. The number of likely N-dealkylation sites (tertiary alicyclic amines) is 2. The second-order valence-electron chi connectivity index (χ2n) is 10.5. The summed E-state index contributed by atoms with van der Waals surface area (Å²) in [7, 11) is 0. The van der Waals surface area contributed by atoms with Crippen LogP contribution in [0.3, 0.4) is 0 Å². The van der Waals surface area contributed by atoms with Gasteiger partial charge in [0.2, 0.25) is 0 Å². The van der Waals surface area contributed by atoms with Gasteiger partial charge < -0.3 is 25.2 Å². The first-order valence-electron chi connectivity index (χ1n) is 13.6. The van der Waals surface area contributed by atoms with Crippen molar-refractivity contribution in [2.24, 2.45) is 11.8 Å². The van der Waals surface area contributed by atoms with Gasteiger partial charge >= 0.3 is 6.03 Å². The Morgan fingerprint density at radius 2 is 1.83 bits per heavy atom. The number of carbonyl (C=O) groups excluding carboxylic acids is 1. The standard InChI is InChI=1S/C27H44FN5O2/c1-2-31-12-9-24(26(21-31)30-27(34)29-10-13-32-14-16-35-17-15-32)20-33-11-3-4-23(19-33)18-22-5-7-25(28)8-6-22/h5-8,23-24,26H,2-4,9-21H2,1H3,(H2,29,30,34)/t23-,24-,26-/m0/s1. The summed E-state index contributed by atoms with van der Waals surface area (Å²) >= 11 is 0. The number of nitrogens with zero attached hydrogens (tertiary/aromatic N) is 3. The van der Waals surface area contributed by atoms with E-state index in [9.17, 15) is 9.18 Å². The molecule has 35 heavy (non-hydrogen) atoms. The van der Waals surface area contributed by atoms with Crippen molar-refractivity contribution in [2.45, 2.75) is 38.6 Å². The Balaban J connectivity index is 1.25. The molecule has 3 aliphatic heterocycles. The largest absolute Gasteiger partial charge is 0.379 e. The number of hydrogen-bond donors (Lipinski definition) is 2. The van der Waals surface area contributed by atoms with E-state index >= 15 is 0 Å². The van der Waals surface area contributed by atoms with E-state index in [0.29, 0.717) is 18.4 Å². The van der Waals surface area contributed by atoms with E-state index in [1.54, 1.807) is 12.1 Å². The fraction of sp³-hybridized carbons (Fsp3) is 0.741. The van der Waals surface area contributed by atoms with E-state index in [4.69, 9.17) is 4.74 Å². The first-order chi connectivity index (χ1) is 17.1. The van der Waals surface area contributed by atoms with Crippen LogP contribution < -0.4 is 10.6 Å². The Bertz CT molecular complexity index is 773. The maximum Gasteiger partial charge on any atom is 0.315 e. The summed E-state index contributed by atoms with van der Waals surface area (Å²) in [6.45, 7) is 13.5. The molecular weight excluding hydrogens is 445 g/mol. The number of benzene rings is 1. The van der Waals surface area contributed by atoms with Gasteiger partial charge in [0.25, 0.3) is 0 Å². The number of morpholine rings is 1. The molecule has 0 aromatic heterocycles. The molecule has 3 saturated heterocycles. The predicted molar refractivity (Wildman–Crippen MR) is 137 cm³/mol. The molecule has 0 aliphatic carbocycles. The lowest BCUT2D eigenvalue weighted by Gasteiger charge is -2.42. The molecule has 0 radical (unpaired) electrons. The summed E-state index contributed by atoms with van der Waals surface area (Å²) in [6, 6.07) is 7.11. The van der Waals surface area contributed by atoms with Crippen LogP contribution in [0.4, 0.5) is 9.18 Å². The SMILES string of the molecule is CCN1CC[C@@H](CN2CCC[C@@H](Cc3ccc(F)cc3)C2)[C@@H](NC(=O)NCCN2CCOCC2)C1. The van der Waals surface area contributed by atoms with E-state index in [1.807, 2.05) is 12.1 Å². The van der Waals surface area contributed by atoms with Crippen LogP contribution in [0.15, 0.2) is 24.3 Å². The highest BCUT2D eigenvalue weighted by molar-refractivity contribution is 5.74. The highest BCUT2D eigenvalue weighted by Gasteiger charge is 2.32. The zero-order chi connectivity index (χ0) is 24.5. The lowest BCUT2D eigenvalue weighted by atomic mass is 9.87. The lowest BCUT2D eigenvalue weighted by Crippen LogP contribution is -2.57. The normalized spacial score (nSPS) is 27.0. The minimum Gasteiger partial charge on any atom is -0.379 e. The van der Waals surface area contributed by atoms with E-state index in [-0.39, 0.29) is 17.9 Å². The minimum absolute atomic E-state index is 0.0426. The van der Waals surface area contributed by atoms with Gasteiger partial charge in [0, 0.05) is 51.9 Å². The molecule has 196 valence electrons. The van der Waals surface area contributed by atoms with E-state index in [0.717, 1.165) is 85.0 Å². The number of urea groups is 1. The molecule has 3 atom stereocenters. The Hall–Kier alpha value is -1.74. The molecule has 1 aromatic carbocycles. The maximum atomic E-state index is 13.3. The van der Waals surface area contributed by atoms with E-state index in [1.165, 1.54) is 18.4 Å². The number of rotatable bonds is 9. The monoisotopic (exact) mass is 489 g/mol. The lowest BCUT2D eigenvalue weighted by molar-refractivity contribution is 0.0386. The quantitative estimate of drug-likeness (QED) is 0.558. The number of amides is 2. The molecule has 2 N–H and O–H groups in total. The van der Waals surface area contributed by atoms with E-state index in [2.05, 4.69) is 32.3 Å². The van der Waals surface area contributed by atoms with Crippen molar-refractivity contribution in [2.75, 3.05) is 78.7 Å². The van der Waals surface area contributed by atoms with Crippen molar-refractivity contribution < 1.29 is 13.9 Å². The zero-order valence-electron chi connectivity index (χ0n) is 21.4. The number of hydrogen-bond acceptors (Lipinski definition) is 5. The highest BCUT2D eigenvalue weighted by Crippen LogP contribution is 2.25. The van der Waals surface area contributed by atoms with Crippen molar-refractivity contribution in [1.29, 1.82) is 0 Å². The minimum atomic E-state index is -0.166. The van der Waals surface area contributed by atoms with Crippen LogP contribution in [-0.2, 0) is 11.2 Å². The fourth-order valence-electron chi connectivity index (χ4n) is 5.88. The third kappa shape index (κ3) is 8.41. The summed E-state index contributed by atoms with van der Waals surface area (Å²) in [4.78, 5) is 20.1. The molecule has 3 heterocycles. The maximum absolute atomic E-state index is 13.3. The van der Waals surface area contributed by atoms with Gasteiger partial charge in [-0.3, -0.25) is 4.90 Å². The van der Waals surface area contributed by atoms with Crippen LogP contribution in [-0.4, -0.2) is 105 Å². The predicted octanol–water partition coefficient (Wildman–Crippen LogP) is 2.42. The Labute approximate surface area is 210 Å². The summed E-state index contributed by atoms with van der Waals surface area (Å²) in [5, 5.41) is 6.40. The average Bonchev–Trinajstić information content (AvgIpc) is 2.87. The molecule has 0 spiro atoms. The van der Waals surface area contributed by atoms with E-state index < -0.39 is 0 Å². The van der Waals surface area contributed by atoms with Gasteiger partial charge in [-0.2, -0.15) is 0 Å². The molecule has 0 bridgehead atoms. The van der Waals surface area contributed by atoms with Gasteiger partial charge in [-0.15, -0.1) is 0 Å². The highest BCUT2D eigenvalue weighted by atomic mass is 19.1. The van der Waals surface area contributed by atoms with Gasteiger partial charge in [0.15, 0.2) is 0 Å². The third-order valence-electron chi connectivity index (χ3n) is 7.95. The van der Waals surface area contributed by atoms with Crippen LogP contribution in [0.1, 0.15) is 31.7 Å². The summed E-state index contributed by atoms with van der Waals surface area (Å²) < 4.78 is 18.7. The topological polar surface area (TPSA) is 60.1 Å². The number of ether oxygens (including phenoxy) is 1. The molecule has 3 aliphatic rings. The first kappa shape index (κ1) is 26.3. The number of carbonyl (C=O) groups is 1. The van der Waals surface area contributed by atoms with Crippen LogP contribution in [0.25, 0.3) is 0 Å². The first-order valence-corrected chi connectivity index (χ1v) is 13.6. The van der Waals surface area contributed by atoms with Crippen molar-refractivity contribution in [3.8, 4) is 0 Å². The van der Waals surface area contributed by atoms with Crippen LogP contribution in [0, 0.1) is 17.7 Å². The van der Waals surface area contributed by atoms with Gasteiger partial charge in [0.1, 0.15) is 5.82 Å². The number of halogens is 1. The van der Waals surface area contributed by atoms with Crippen molar-refractivity contribution >= 4 is 6.03 Å². The van der Waals surface area contributed by atoms with Crippen molar-refractivity contribution in [3.63, 3.8) is 0 Å². The van der Waals surface area contributed by atoms with Crippen LogP contribution in [0.2, 0.25) is 0 Å². The molecule has 3 fully saturated rings. The van der Waals surface area contributed by atoms with Gasteiger partial charge in [-0.25, -0.2) is 9.18 Å². The molecule has 0 unspecified atom stereocenters. The van der Waals surface area contributed by atoms with Crippen molar-refractivity contribution in [3.05, 3.63) is 35.6 Å². The third-order valence-corrected chi connectivity index (χ3v) is 7.95. The number of likely N-dealkylation sites (N-methyl/N-ethyl adjacent to an activating group) is 1. The smallest absolute Gasteiger partial charge is 0.315 e. The summed E-state index contributed by atoms with van der Waals surface area (Å²) in [5.74, 6) is 0.910. The second kappa shape index (κ2) is 13.5.